The normalized spacial score (nSPS) is 21.7. The molecule has 0 spiro atoms. The van der Waals surface area contributed by atoms with Crippen LogP contribution in [-0.2, 0) is 14.9 Å². The first kappa shape index (κ1) is 16.5. The van der Waals surface area contributed by atoms with Gasteiger partial charge >= 0.3 is 0 Å². The Kier molecular flexibility index (Phi) is 5.68. The van der Waals surface area contributed by atoms with Crippen LogP contribution >= 0.6 is 0 Å². The number of rotatable bonds is 5. The lowest BCUT2D eigenvalue weighted by Crippen LogP contribution is -3.13. The lowest BCUT2D eigenvalue weighted by atomic mass is 9.74. The van der Waals surface area contributed by atoms with Gasteiger partial charge in [0.1, 0.15) is 0 Å². The Morgan fingerprint density at radius 1 is 1.09 bits per heavy atom. The van der Waals surface area contributed by atoms with E-state index in [4.69, 9.17) is 4.74 Å². The van der Waals surface area contributed by atoms with Crippen molar-refractivity contribution in [2.45, 2.75) is 37.5 Å². The predicted octanol–water partition coefficient (Wildman–Crippen LogP) is 0.920. The molecule has 4 heteroatoms. The average Bonchev–Trinajstić information content (AvgIpc) is 2.62. The van der Waals surface area contributed by atoms with Crippen molar-refractivity contribution in [2.75, 3.05) is 39.4 Å². The average molecular weight is 317 g/mol. The summed E-state index contributed by atoms with van der Waals surface area (Å²) < 4.78 is 5.56. The molecule has 0 aromatic heterocycles. The van der Waals surface area contributed by atoms with E-state index in [1.165, 1.54) is 29.7 Å². The van der Waals surface area contributed by atoms with Crippen molar-refractivity contribution in [2.24, 2.45) is 0 Å². The maximum Gasteiger partial charge on any atom is 0.275 e. The lowest BCUT2D eigenvalue weighted by Gasteiger charge is -2.38. The molecule has 0 atom stereocenters. The first-order valence-corrected chi connectivity index (χ1v) is 9.02. The zero-order valence-corrected chi connectivity index (χ0v) is 14.0. The summed E-state index contributed by atoms with van der Waals surface area (Å²) in [5, 5.41) is 3.22. The monoisotopic (exact) mass is 317 g/mol. The van der Waals surface area contributed by atoms with E-state index in [0.29, 0.717) is 6.54 Å². The van der Waals surface area contributed by atoms with Crippen LogP contribution in [0.25, 0.3) is 0 Å². The summed E-state index contributed by atoms with van der Waals surface area (Å²) in [5.74, 6) is 0.198. The van der Waals surface area contributed by atoms with E-state index in [9.17, 15) is 4.79 Å². The van der Waals surface area contributed by atoms with E-state index in [2.05, 4.69) is 35.6 Å². The fraction of sp³-hybridized carbons (Fsp3) is 0.632. The number of piperidine rings is 1. The van der Waals surface area contributed by atoms with Gasteiger partial charge in [-0.15, -0.1) is 0 Å². The molecule has 2 N–H and O–H groups in total. The molecular weight excluding hydrogens is 288 g/mol. The number of benzene rings is 1. The molecule has 0 saturated carbocycles. The molecule has 2 saturated heterocycles. The van der Waals surface area contributed by atoms with E-state index in [0.717, 1.165) is 45.7 Å². The molecule has 4 nitrogen and oxygen atoms in total. The molecule has 0 unspecified atom stereocenters. The highest BCUT2D eigenvalue weighted by atomic mass is 16.5. The van der Waals surface area contributed by atoms with Crippen LogP contribution in [0.3, 0.4) is 0 Å². The van der Waals surface area contributed by atoms with Crippen molar-refractivity contribution in [1.29, 1.82) is 0 Å². The Balaban J connectivity index is 1.59. The molecule has 2 aliphatic heterocycles. The summed E-state index contributed by atoms with van der Waals surface area (Å²) in [5.41, 5.74) is 1.36. The van der Waals surface area contributed by atoms with Gasteiger partial charge in [-0.1, -0.05) is 30.3 Å². The van der Waals surface area contributed by atoms with Gasteiger partial charge in [0.25, 0.3) is 5.91 Å². The minimum atomic E-state index is 0.0341. The molecular formula is C19H29N2O2+. The van der Waals surface area contributed by atoms with Crippen molar-refractivity contribution in [3.8, 4) is 0 Å². The van der Waals surface area contributed by atoms with Crippen molar-refractivity contribution < 1.29 is 14.4 Å². The van der Waals surface area contributed by atoms with Gasteiger partial charge in [-0.3, -0.25) is 4.79 Å². The Hall–Kier alpha value is -1.39. The highest BCUT2D eigenvalue weighted by molar-refractivity contribution is 5.77. The predicted molar refractivity (Wildman–Crippen MR) is 90.6 cm³/mol. The highest BCUT2D eigenvalue weighted by Crippen LogP contribution is 2.34. The highest BCUT2D eigenvalue weighted by Gasteiger charge is 2.35. The smallest absolute Gasteiger partial charge is 0.275 e. The van der Waals surface area contributed by atoms with Crippen molar-refractivity contribution in [1.82, 2.24) is 5.32 Å². The Labute approximate surface area is 139 Å². The molecule has 23 heavy (non-hydrogen) atoms. The van der Waals surface area contributed by atoms with Crippen LogP contribution in [0.15, 0.2) is 30.3 Å². The number of likely N-dealkylation sites (tertiary alicyclic amines) is 1. The zero-order valence-electron chi connectivity index (χ0n) is 14.0. The molecule has 1 aromatic carbocycles. The van der Waals surface area contributed by atoms with Gasteiger partial charge in [0.2, 0.25) is 0 Å². The maximum atomic E-state index is 12.4. The molecule has 1 aromatic rings. The van der Waals surface area contributed by atoms with Crippen molar-refractivity contribution in [3.05, 3.63) is 35.9 Å². The first-order chi connectivity index (χ1) is 11.3. The SMILES string of the molecule is O=C(C[NH+]1CCCCC1)NCC1(c2ccccc2)CCOCC1. The minimum absolute atomic E-state index is 0.0341. The van der Waals surface area contributed by atoms with Gasteiger partial charge in [0, 0.05) is 25.2 Å². The summed E-state index contributed by atoms with van der Waals surface area (Å²) >= 11 is 0. The molecule has 0 aliphatic carbocycles. The zero-order chi connectivity index (χ0) is 16.0. The summed E-state index contributed by atoms with van der Waals surface area (Å²) in [6, 6.07) is 10.6. The van der Waals surface area contributed by atoms with Gasteiger partial charge in [0.05, 0.1) is 13.1 Å². The van der Waals surface area contributed by atoms with Gasteiger partial charge in [-0.25, -0.2) is 0 Å². The quantitative estimate of drug-likeness (QED) is 0.848. The van der Waals surface area contributed by atoms with E-state index < -0.39 is 0 Å². The van der Waals surface area contributed by atoms with E-state index >= 15 is 0 Å². The number of hydrogen-bond donors (Lipinski definition) is 2. The molecule has 2 heterocycles. The van der Waals surface area contributed by atoms with E-state index in [1.54, 1.807) is 0 Å². The summed E-state index contributed by atoms with van der Waals surface area (Å²) in [6.07, 6.45) is 5.80. The molecule has 2 aliphatic rings. The van der Waals surface area contributed by atoms with Crippen LogP contribution in [0, 0.1) is 0 Å². The third-order valence-corrected chi connectivity index (χ3v) is 5.43. The third-order valence-electron chi connectivity index (χ3n) is 5.43. The summed E-state index contributed by atoms with van der Waals surface area (Å²) in [4.78, 5) is 13.8. The van der Waals surface area contributed by atoms with Crippen LogP contribution in [0.1, 0.15) is 37.7 Å². The van der Waals surface area contributed by atoms with Gasteiger partial charge in [-0.2, -0.15) is 0 Å². The number of ether oxygens (including phenoxy) is 1. The van der Waals surface area contributed by atoms with E-state index in [1.807, 2.05) is 0 Å². The molecule has 2 fully saturated rings. The fourth-order valence-electron chi connectivity index (χ4n) is 3.91. The lowest BCUT2D eigenvalue weighted by molar-refractivity contribution is -0.896. The number of carbonyl (C=O) groups excluding carboxylic acids is 1. The molecule has 0 bridgehead atoms. The standard InChI is InChI=1S/C19H28N2O2/c22-18(15-21-11-5-2-6-12-21)20-16-19(9-13-23-14-10-19)17-7-3-1-4-8-17/h1,3-4,7-8H,2,5-6,9-16H2,(H,20,22)/p+1. The molecule has 0 radical (unpaired) electrons. The number of quaternary nitrogens is 1. The molecule has 1 amide bonds. The molecule has 126 valence electrons. The van der Waals surface area contributed by atoms with Crippen LogP contribution in [0.5, 0.6) is 0 Å². The second-order valence-corrected chi connectivity index (χ2v) is 7.02. The number of carbonyl (C=O) groups is 1. The first-order valence-electron chi connectivity index (χ1n) is 9.02. The molecule has 3 rings (SSSR count). The van der Waals surface area contributed by atoms with E-state index in [-0.39, 0.29) is 11.3 Å². The van der Waals surface area contributed by atoms with Gasteiger partial charge in [-0.05, 0) is 37.7 Å². The Morgan fingerprint density at radius 2 is 1.78 bits per heavy atom. The van der Waals surface area contributed by atoms with Crippen LogP contribution in [0.2, 0.25) is 0 Å². The minimum Gasteiger partial charge on any atom is -0.381 e. The van der Waals surface area contributed by atoms with Crippen molar-refractivity contribution >= 4 is 5.91 Å². The van der Waals surface area contributed by atoms with Crippen molar-refractivity contribution in [3.63, 3.8) is 0 Å². The van der Waals surface area contributed by atoms with Crippen LogP contribution < -0.4 is 10.2 Å². The van der Waals surface area contributed by atoms with Crippen LogP contribution in [0.4, 0.5) is 0 Å². The second kappa shape index (κ2) is 7.93. The third kappa shape index (κ3) is 4.33. The maximum absolute atomic E-state index is 12.4. The fourth-order valence-corrected chi connectivity index (χ4v) is 3.91. The number of hydrogen-bond acceptors (Lipinski definition) is 2. The number of amides is 1. The largest absolute Gasteiger partial charge is 0.381 e. The van der Waals surface area contributed by atoms with Crippen LogP contribution in [-0.4, -0.2) is 45.3 Å². The summed E-state index contributed by atoms with van der Waals surface area (Å²) in [6.45, 7) is 5.20. The van der Waals surface area contributed by atoms with Gasteiger partial charge < -0.3 is 15.0 Å². The Bertz CT molecular complexity index is 491. The second-order valence-electron chi connectivity index (χ2n) is 7.02. The number of nitrogens with one attached hydrogen (secondary N) is 2. The topological polar surface area (TPSA) is 42.8 Å². The van der Waals surface area contributed by atoms with Gasteiger partial charge in [0.15, 0.2) is 6.54 Å². The Morgan fingerprint density at radius 3 is 2.48 bits per heavy atom. The summed E-state index contributed by atoms with van der Waals surface area (Å²) in [7, 11) is 0.